The van der Waals surface area contributed by atoms with Crippen LogP contribution in [0, 0.1) is 17.4 Å². The zero-order valence-corrected chi connectivity index (χ0v) is 15.9. The molecule has 0 aliphatic carbocycles. The summed E-state index contributed by atoms with van der Waals surface area (Å²) in [5, 5.41) is 7.07. The van der Waals surface area contributed by atoms with Gasteiger partial charge >= 0.3 is 0 Å². The highest BCUT2D eigenvalue weighted by atomic mass is 127. The molecule has 6 heteroatoms. The number of carbonyl (C=O) groups excluding carboxylic acids is 2. The molecule has 1 heterocycles. The number of hydrogen-bond donors (Lipinski definition) is 1. The van der Waals surface area contributed by atoms with E-state index in [1.54, 1.807) is 30.7 Å². The number of anilines is 1. The summed E-state index contributed by atoms with van der Waals surface area (Å²) in [6, 6.07) is 16.8. The summed E-state index contributed by atoms with van der Waals surface area (Å²) in [4.78, 5) is 25.0. The van der Waals surface area contributed by atoms with Crippen LogP contribution in [-0.4, -0.2) is 21.5 Å². The van der Waals surface area contributed by atoms with Crippen molar-refractivity contribution in [2.45, 2.75) is 13.8 Å². The number of halogens is 1. The lowest BCUT2D eigenvalue weighted by Gasteiger charge is -2.06. The standard InChI is InChI=1S/C19H16IN3O2/c1-12-17(13(2)23(22-12)16-9-4-3-5-10-16)18(24)19(25)21-15-8-6-7-14(20)11-15/h3-11H,1-2H3,(H,21,25). The molecule has 25 heavy (non-hydrogen) atoms. The molecular weight excluding hydrogens is 429 g/mol. The smallest absolute Gasteiger partial charge is 0.296 e. The lowest BCUT2D eigenvalue weighted by Crippen LogP contribution is -2.24. The molecule has 0 saturated heterocycles. The topological polar surface area (TPSA) is 64.0 Å². The lowest BCUT2D eigenvalue weighted by molar-refractivity contribution is -0.112. The third kappa shape index (κ3) is 3.63. The molecule has 0 unspecified atom stereocenters. The average Bonchev–Trinajstić information content (AvgIpc) is 2.89. The first-order chi connectivity index (χ1) is 12.0. The van der Waals surface area contributed by atoms with Crippen molar-refractivity contribution in [1.29, 1.82) is 0 Å². The molecule has 0 fully saturated rings. The highest BCUT2D eigenvalue weighted by Gasteiger charge is 2.25. The molecule has 0 atom stereocenters. The van der Waals surface area contributed by atoms with E-state index in [0.29, 0.717) is 22.6 Å². The van der Waals surface area contributed by atoms with Gasteiger partial charge in [0.15, 0.2) is 0 Å². The zero-order valence-electron chi connectivity index (χ0n) is 13.8. The Balaban J connectivity index is 1.90. The molecule has 0 saturated carbocycles. The van der Waals surface area contributed by atoms with Crippen LogP contribution in [0.1, 0.15) is 21.7 Å². The number of nitrogens with one attached hydrogen (secondary N) is 1. The fourth-order valence-corrected chi connectivity index (χ4v) is 3.20. The number of Topliss-reactive ketones (excluding diaryl/α,β-unsaturated/α-hetero) is 1. The largest absolute Gasteiger partial charge is 0.319 e. The minimum Gasteiger partial charge on any atom is -0.319 e. The Morgan fingerprint density at radius 3 is 2.44 bits per heavy atom. The second kappa shape index (κ2) is 7.18. The van der Waals surface area contributed by atoms with Crippen LogP contribution in [0.25, 0.3) is 5.69 Å². The maximum absolute atomic E-state index is 12.7. The zero-order chi connectivity index (χ0) is 18.0. The molecule has 126 valence electrons. The maximum Gasteiger partial charge on any atom is 0.296 e. The molecular formula is C19H16IN3O2. The van der Waals surface area contributed by atoms with Crippen LogP contribution < -0.4 is 5.32 Å². The van der Waals surface area contributed by atoms with E-state index < -0.39 is 11.7 Å². The van der Waals surface area contributed by atoms with Crippen LogP contribution in [-0.2, 0) is 4.79 Å². The highest BCUT2D eigenvalue weighted by molar-refractivity contribution is 14.1. The molecule has 0 radical (unpaired) electrons. The maximum atomic E-state index is 12.7. The van der Waals surface area contributed by atoms with Crippen LogP contribution in [0.2, 0.25) is 0 Å². The Kier molecular flexibility index (Phi) is 4.98. The van der Waals surface area contributed by atoms with Gasteiger partial charge in [0.2, 0.25) is 0 Å². The number of rotatable bonds is 4. The second-order valence-corrected chi connectivity index (χ2v) is 6.83. The number of nitrogens with zero attached hydrogens (tertiary/aromatic N) is 2. The van der Waals surface area contributed by atoms with Gasteiger partial charge in [-0.1, -0.05) is 24.3 Å². The third-order valence-electron chi connectivity index (χ3n) is 3.81. The predicted molar refractivity (Wildman–Crippen MR) is 105 cm³/mol. The number of ketones is 1. The summed E-state index contributed by atoms with van der Waals surface area (Å²) in [7, 11) is 0. The summed E-state index contributed by atoms with van der Waals surface area (Å²) in [5.41, 5.74) is 2.96. The normalized spacial score (nSPS) is 10.5. The van der Waals surface area contributed by atoms with Gasteiger partial charge in [0, 0.05) is 9.26 Å². The van der Waals surface area contributed by atoms with Crippen molar-refractivity contribution in [1.82, 2.24) is 9.78 Å². The van der Waals surface area contributed by atoms with Gasteiger partial charge < -0.3 is 5.32 Å². The Bertz CT molecular complexity index is 949. The molecule has 0 aliphatic rings. The number of benzene rings is 2. The van der Waals surface area contributed by atoms with Gasteiger partial charge in [-0.2, -0.15) is 5.10 Å². The van der Waals surface area contributed by atoms with E-state index in [-0.39, 0.29) is 0 Å². The number of para-hydroxylation sites is 1. The Morgan fingerprint density at radius 1 is 1.04 bits per heavy atom. The van der Waals surface area contributed by atoms with Crippen LogP contribution in [0.4, 0.5) is 5.69 Å². The molecule has 1 aromatic heterocycles. The van der Waals surface area contributed by atoms with E-state index in [1.807, 2.05) is 42.5 Å². The van der Waals surface area contributed by atoms with Gasteiger partial charge in [-0.3, -0.25) is 9.59 Å². The summed E-state index contributed by atoms with van der Waals surface area (Å²) < 4.78 is 2.66. The number of aromatic nitrogens is 2. The number of hydrogen-bond acceptors (Lipinski definition) is 3. The number of amides is 1. The quantitative estimate of drug-likeness (QED) is 0.376. The fraction of sp³-hybridized carbons (Fsp3) is 0.105. The van der Waals surface area contributed by atoms with Crippen molar-refractivity contribution < 1.29 is 9.59 Å². The van der Waals surface area contributed by atoms with Crippen molar-refractivity contribution in [3.05, 3.63) is 75.1 Å². The van der Waals surface area contributed by atoms with Crippen molar-refractivity contribution in [3.63, 3.8) is 0 Å². The minimum absolute atomic E-state index is 0.340. The van der Waals surface area contributed by atoms with Crippen molar-refractivity contribution >= 4 is 40.0 Å². The molecule has 1 N–H and O–H groups in total. The van der Waals surface area contributed by atoms with Crippen LogP contribution in [0.5, 0.6) is 0 Å². The van der Waals surface area contributed by atoms with E-state index >= 15 is 0 Å². The fourth-order valence-electron chi connectivity index (χ4n) is 2.66. The van der Waals surface area contributed by atoms with Gasteiger partial charge in [-0.05, 0) is 66.8 Å². The van der Waals surface area contributed by atoms with E-state index in [4.69, 9.17) is 0 Å². The SMILES string of the molecule is Cc1nn(-c2ccccc2)c(C)c1C(=O)C(=O)Nc1cccc(I)c1. The van der Waals surface area contributed by atoms with Gasteiger partial charge in [0.1, 0.15) is 0 Å². The first kappa shape index (κ1) is 17.3. The van der Waals surface area contributed by atoms with E-state index in [1.165, 1.54) is 0 Å². The van der Waals surface area contributed by atoms with E-state index in [9.17, 15) is 9.59 Å². The van der Waals surface area contributed by atoms with Crippen molar-refractivity contribution in [2.24, 2.45) is 0 Å². The number of aryl methyl sites for hydroxylation is 1. The molecule has 0 spiro atoms. The van der Waals surface area contributed by atoms with Crippen LogP contribution >= 0.6 is 22.6 Å². The van der Waals surface area contributed by atoms with Gasteiger partial charge in [0.05, 0.1) is 22.6 Å². The van der Waals surface area contributed by atoms with Crippen molar-refractivity contribution in [3.8, 4) is 5.69 Å². The molecule has 5 nitrogen and oxygen atoms in total. The van der Waals surface area contributed by atoms with Gasteiger partial charge in [0.25, 0.3) is 11.7 Å². The summed E-state index contributed by atoms with van der Waals surface area (Å²) in [6.07, 6.45) is 0. The highest BCUT2D eigenvalue weighted by Crippen LogP contribution is 2.19. The molecule has 3 aromatic rings. The van der Waals surface area contributed by atoms with Crippen LogP contribution in [0.15, 0.2) is 54.6 Å². The second-order valence-electron chi connectivity index (χ2n) is 5.59. The minimum atomic E-state index is -0.666. The monoisotopic (exact) mass is 445 g/mol. The molecule has 1 amide bonds. The Hall–Kier alpha value is -2.48. The first-order valence-corrected chi connectivity index (χ1v) is 8.78. The van der Waals surface area contributed by atoms with E-state index in [2.05, 4.69) is 33.0 Å². The van der Waals surface area contributed by atoms with E-state index in [0.717, 1.165) is 9.26 Å². The summed E-state index contributed by atoms with van der Waals surface area (Å²) in [6.45, 7) is 3.53. The summed E-state index contributed by atoms with van der Waals surface area (Å²) in [5.74, 6) is -1.25. The average molecular weight is 445 g/mol. The Labute approximate surface area is 159 Å². The molecule has 0 bridgehead atoms. The Morgan fingerprint density at radius 2 is 1.76 bits per heavy atom. The van der Waals surface area contributed by atoms with Gasteiger partial charge in [-0.25, -0.2) is 4.68 Å². The predicted octanol–water partition coefficient (Wildman–Crippen LogP) is 3.92. The van der Waals surface area contributed by atoms with Crippen molar-refractivity contribution in [2.75, 3.05) is 5.32 Å². The molecule has 3 rings (SSSR count). The molecule has 2 aromatic carbocycles. The van der Waals surface area contributed by atoms with Crippen LogP contribution in [0.3, 0.4) is 0 Å². The summed E-state index contributed by atoms with van der Waals surface area (Å²) >= 11 is 2.15. The molecule has 0 aliphatic heterocycles. The lowest BCUT2D eigenvalue weighted by atomic mass is 10.1. The third-order valence-corrected chi connectivity index (χ3v) is 4.48. The van der Waals surface area contributed by atoms with Gasteiger partial charge in [-0.15, -0.1) is 0 Å². The number of carbonyl (C=O) groups is 2. The first-order valence-electron chi connectivity index (χ1n) is 7.70.